The smallest absolute Gasteiger partial charge is 0.203 e. The van der Waals surface area contributed by atoms with E-state index in [1.165, 1.54) is 28.9 Å². The normalized spacial score (nSPS) is 19.1. The molecule has 6 nitrogen and oxygen atoms in total. The summed E-state index contributed by atoms with van der Waals surface area (Å²) in [6.07, 6.45) is 3.02. The molecule has 31 heavy (non-hydrogen) atoms. The Bertz CT molecular complexity index is 789. The second kappa shape index (κ2) is 12.0. The molecule has 7 heteroatoms. The fourth-order valence-corrected chi connectivity index (χ4v) is 4.22. The van der Waals surface area contributed by atoms with Crippen molar-refractivity contribution in [3.8, 4) is 23.0 Å². The molecule has 0 radical (unpaired) electrons. The van der Waals surface area contributed by atoms with Crippen LogP contribution in [0.2, 0.25) is 0 Å². The molecule has 2 aromatic carbocycles. The molecule has 1 aliphatic heterocycles. The number of hydrogen-bond donors (Lipinski definition) is 2. The molecule has 3 rings (SSSR count). The molecule has 1 saturated heterocycles. The van der Waals surface area contributed by atoms with E-state index in [2.05, 4.69) is 31.2 Å². The van der Waals surface area contributed by atoms with Crippen LogP contribution in [0.5, 0.6) is 23.0 Å². The summed E-state index contributed by atoms with van der Waals surface area (Å²) in [6.45, 7) is 4.05. The van der Waals surface area contributed by atoms with Crippen LogP contribution in [0.25, 0.3) is 0 Å². The van der Waals surface area contributed by atoms with Crippen molar-refractivity contribution < 1.29 is 41.4 Å². The van der Waals surface area contributed by atoms with Gasteiger partial charge in [0, 0.05) is 24.1 Å². The number of likely N-dealkylation sites (tertiary alicyclic amines) is 1. The number of aliphatic hydroxyl groups is 1. The summed E-state index contributed by atoms with van der Waals surface area (Å²) < 4.78 is 21.9. The van der Waals surface area contributed by atoms with Crippen molar-refractivity contribution in [1.29, 1.82) is 0 Å². The van der Waals surface area contributed by atoms with Gasteiger partial charge in [0.2, 0.25) is 5.75 Å². The Morgan fingerprint density at radius 3 is 2.23 bits per heavy atom. The van der Waals surface area contributed by atoms with Gasteiger partial charge in [-0.2, -0.15) is 0 Å². The topological polar surface area (TPSA) is 61.6 Å². The molecule has 172 valence electrons. The average Bonchev–Trinajstić information content (AvgIpc) is 2.77. The summed E-state index contributed by atoms with van der Waals surface area (Å²) in [6, 6.07) is 12.7. The zero-order valence-corrected chi connectivity index (χ0v) is 19.6. The second-order valence-electron chi connectivity index (χ2n) is 7.90. The van der Waals surface area contributed by atoms with E-state index in [-0.39, 0.29) is 19.0 Å². The summed E-state index contributed by atoms with van der Waals surface area (Å²) in [7, 11) is 4.71. The van der Waals surface area contributed by atoms with E-state index in [1.54, 1.807) is 33.5 Å². The first-order valence-electron chi connectivity index (χ1n) is 10.6. The van der Waals surface area contributed by atoms with E-state index >= 15 is 0 Å². The van der Waals surface area contributed by atoms with Crippen molar-refractivity contribution in [1.82, 2.24) is 0 Å². The maximum Gasteiger partial charge on any atom is 0.203 e. The first-order valence-corrected chi connectivity index (χ1v) is 10.6. The van der Waals surface area contributed by atoms with Gasteiger partial charge in [0.1, 0.15) is 31.0 Å². The number of nitrogens with one attached hydrogen (secondary N) is 1. The van der Waals surface area contributed by atoms with E-state index < -0.39 is 6.10 Å². The molecule has 1 fully saturated rings. The number of hydrogen-bond acceptors (Lipinski definition) is 5. The maximum absolute atomic E-state index is 10.7. The lowest BCUT2D eigenvalue weighted by atomic mass is 9.94. The van der Waals surface area contributed by atoms with Crippen molar-refractivity contribution in [3.63, 3.8) is 0 Å². The van der Waals surface area contributed by atoms with Crippen LogP contribution in [0.3, 0.4) is 0 Å². The van der Waals surface area contributed by atoms with Crippen LogP contribution >= 0.6 is 0 Å². The molecular formula is C24H34ClNO5. The van der Waals surface area contributed by atoms with Crippen molar-refractivity contribution in [2.24, 2.45) is 0 Å². The van der Waals surface area contributed by atoms with Gasteiger partial charge in [-0.1, -0.05) is 29.8 Å². The maximum atomic E-state index is 10.7. The van der Waals surface area contributed by atoms with E-state index in [1.807, 2.05) is 0 Å². The molecule has 0 spiro atoms. The second-order valence-corrected chi connectivity index (χ2v) is 7.90. The number of ether oxygens (including phenoxy) is 4. The third kappa shape index (κ3) is 6.42. The molecule has 0 amide bonds. The highest BCUT2D eigenvalue weighted by Gasteiger charge is 2.29. The Hall–Kier alpha value is -2.15. The molecule has 2 N–H and O–H groups in total. The van der Waals surface area contributed by atoms with Gasteiger partial charge in [0.15, 0.2) is 11.5 Å². The minimum absolute atomic E-state index is 0. The number of halogens is 1. The predicted octanol–water partition coefficient (Wildman–Crippen LogP) is -0.425. The molecule has 1 aliphatic rings. The molecule has 0 bridgehead atoms. The number of piperidine rings is 1. The summed E-state index contributed by atoms with van der Waals surface area (Å²) in [5, 5.41) is 10.7. The average molecular weight is 452 g/mol. The van der Waals surface area contributed by atoms with Gasteiger partial charge in [0.25, 0.3) is 0 Å². The zero-order chi connectivity index (χ0) is 21.5. The third-order valence-corrected chi connectivity index (χ3v) is 5.79. The van der Waals surface area contributed by atoms with E-state index in [9.17, 15) is 5.11 Å². The van der Waals surface area contributed by atoms with Gasteiger partial charge >= 0.3 is 0 Å². The van der Waals surface area contributed by atoms with E-state index in [4.69, 9.17) is 18.9 Å². The van der Waals surface area contributed by atoms with Gasteiger partial charge < -0.3 is 41.4 Å². The summed E-state index contributed by atoms with van der Waals surface area (Å²) >= 11 is 0. The van der Waals surface area contributed by atoms with Crippen LogP contribution < -0.4 is 36.3 Å². The van der Waals surface area contributed by atoms with Crippen LogP contribution in [-0.4, -0.2) is 52.2 Å². The molecule has 1 heterocycles. The van der Waals surface area contributed by atoms with E-state index in [0.29, 0.717) is 35.6 Å². The van der Waals surface area contributed by atoms with Crippen LogP contribution in [0, 0.1) is 6.92 Å². The number of quaternary nitrogens is 1. The molecule has 0 saturated carbocycles. The summed E-state index contributed by atoms with van der Waals surface area (Å²) in [5.74, 6) is 2.16. The monoisotopic (exact) mass is 451 g/mol. The fourth-order valence-electron chi connectivity index (χ4n) is 4.22. The number of rotatable bonds is 9. The number of aliphatic hydroxyl groups excluding tert-OH is 1. The standard InChI is InChI=1S/C24H33NO5.ClH/c1-17-8-10-18(11-9-17)21-7-5-6-12-25(21)15-19(26)16-30-20-13-22(27-2)24(29-4)23(14-20)28-3;/h8-11,13-14,19,21,26H,5-7,12,15-16H2,1-4H3;1H. The van der Waals surface area contributed by atoms with Crippen LogP contribution in [0.15, 0.2) is 36.4 Å². The van der Waals surface area contributed by atoms with Gasteiger partial charge in [-0.15, -0.1) is 0 Å². The predicted molar refractivity (Wildman–Crippen MR) is 116 cm³/mol. The number of methoxy groups -OCH3 is 3. The SMILES string of the molecule is COc1cc(OCC(O)C[NH+]2CCCCC2c2ccc(C)cc2)cc(OC)c1OC.[Cl-]. The Kier molecular flexibility index (Phi) is 9.75. The highest BCUT2D eigenvalue weighted by Crippen LogP contribution is 2.40. The number of benzene rings is 2. The minimum Gasteiger partial charge on any atom is -1.00 e. The van der Waals surface area contributed by atoms with E-state index in [0.717, 1.165) is 13.0 Å². The zero-order valence-electron chi connectivity index (χ0n) is 18.8. The minimum atomic E-state index is -0.565. The highest BCUT2D eigenvalue weighted by atomic mass is 35.5. The first-order chi connectivity index (χ1) is 14.5. The largest absolute Gasteiger partial charge is 1.00 e. The molecule has 2 aromatic rings. The quantitative estimate of drug-likeness (QED) is 0.542. The van der Waals surface area contributed by atoms with Gasteiger partial charge in [0.05, 0.1) is 27.9 Å². The fraction of sp³-hybridized carbons (Fsp3) is 0.500. The third-order valence-electron chi connectivity index (χ3n) is 5.79. The lowest BCUT2D eigenvalue weighted by Gasteiger charge is -2.34. The Labute approximate surface area is 191 Å². The molecule has 0 aromatic heterocycles. The Morgan fingerprint density at radius 1 is 1.00 bits per heavy atom. The molecule has 3 unspecified atom stereocenters. The van der Waals surface area contributed by atoms with Crippen molar-refractivity contribution in [2.45, 2.75) is 38.3 Å². The Morgan fingerprint density at radius 2 is 1.65 bits per heavy atom. The van der Waals surface area contributed by atoms with Crippen LogP contribution in [0.1, 0.15) is 36.4 Å². The molecular weight excluding hydrogens is 418 g/mol. The Balaban J connectivity index is 0.00000341. The van der Waals surface area contributed by atoms with Crippen LogP contribution in [-0.2, 0) is 0 Å². The highest BCUT2D eigenvalue weighted by molar-refractivity contribution is 5.55. The van der Waals surface area contributed by atoms with Crippen molar-refractivity contribution in [2.75, 3.05) is 41.0 Å². The summed E-state index contributed by atoms with van der Waals surface area (Å²) in [5.41, 5.74) is 2.63. The summed E-state index contributed by atoms with van der Waals surface area (Å²) in [4.78, 5) is 1.42. The number of aryl methyl sites for hydroxylation is 1. The lowest BCUT2D eigenvalue weighted by molar-refractivity contribution is -0.939. The van der Waals surface area contributed by atoms with Gasteiger partial charge in [-0.05, 0) is 19.8 Å². The first kappa shape index (κ1) is 25.1. The molecule has 3 atom stereocenters. The van der Waals surface area contributed by atoms with Crippen LogP contribution in [0.4, 0.5) is 0 Å². The molecule has 0 aliphatic carbocycles. The lowest BCUT2D eigenvalue weighted by Crippen LogP contribution is -3.14. The van der Waals surface area contributed by atoms with Gasteiger partial charge in [-0.25, -0.2) is 0 Å². The van der Waals surface area contributed by atoms with Gasteiger partial charge in [-0.3, -0.25) is 0 Å². The van der Waals surface area contributed by atoms with Crippen molar-refractivity contribution in [3.05, 3.63) is 47.5 Å². The van der Waals surface area contributed by atoms with Crippen molar-refractivity contribution >= 4 is 0 Å².